The Labute approximate surface area is 167 Å². The second-order valence-corrected chi connectivity index (χ2v) is 7.78. The van der Waals surface area contributed by atoms with Gasteiger partial charge in [0.15, 0.2) is 16.5 Å². The summed E-state index contributed by atoms with van der Waals surface area (Å²) in [5.41, 5.74) is 2.09. The number of thiazole rings is 1. The van der Waals surface area contributed by atoms with Gasteiger partial charge in [-0.05, 0) is 43.9 Å². The van der Waals surface area contributed by atoms with Gasteiger partial charge < -0.3 is 14.6 Å². The Bertz CT molecular complexity index is 1050. The van der Waals surface area contributed by atoms with Gasteiger partial charge in [-0.2, -0.15) is 0 Å². The number of likely N-dealkylation sites (N-methyl/N-ethyl adjacent to an activating group) is 1. The summed E-state index contributed by atoms with van der Waals surface area (Å²) in [5, 5.41) is 3.75. The third-order valence-corrected chi connectivity index (χ3v) is 5.65. The van der Waals surface area contributed by atoms with Crippen LogP contribution in [0.15, 0.2) is 71.1 Å². The third kappa shape index (κ3) is 3.83. The zero-order valence-corrected chi connectivity index (χ0v) is 16.6. The number of amides is 1. The zero-order chi connectivity index (χ0) is 19.5. The number of furan rings is 1. The quantitative estimate of drug-likeness (QED) is 0.522. The van der Waals surface area contributed by atoms with E-state index in [0.717, 1.165) is 20.8 Å². The van der Waals surface area contributed by atoms with Gasteiger partial charge in [-0.1, -0.05) is 42.5 Å². The fourth-order valence-electron chi connectivity index (χ4n) is 3.10. The second-order valence-electron chi connectivity index (χ2n) is 6.75. The van der Waals surface area contributed by atoms with Crippen LogP contribution in [0.5, 0.6) is 0 Å². The Balaban J connectivity index is 1.47. The van der Waals surface area contributed by atoms with Gasteiger partial charge in [0.05, 0.1) is 16.3 Å². The lowest BCUT2D eigenvalue weighted by molar-refractivity contribution is 0.0915. The van der Waals surface area contributed by atoms with Gasteiger partial charge in [0.2, 0.25) is 0 Å². The van der Waals surface area contributed by atoms with Gasteiger partial charge in [0.25, 0.3) is 5.91 Å². The number of hydrogen-bond acceptors (Lipinski definition) is 5. The first kappa shape index (κ1) is 18.4. The van der Waals surface area contributed by atoms with E-state index in [1.165, 1.54) is 0 Å². The molecule has 0 aliphatic carbocycles. The molecule has 0 aliphatic rings. The molecule has 1 amide bonds. The van der Waals surface area contributed by atoms with Crippen LogP contribution in [0.4, 0.5) is 0 Å². The maximum atomic E-state index is 12.6. The lowest BCUT2D eigenvalue weighted by Gasteiger charge is -2.24. The van der Waals surface area contributed by atoms with E-state index in [0.29, 0.717) is 18.1 Å². The summed E-state index contributed by atoms with van der Waals surface area (Å²) >= 11 is 1.55. The van der Waals surface area contributed by atoms with E-state index in [-0.39, 0.29) is 11.9 Å². The molecule has 1 unspecified atom stereocenters. The van der Waals surface area contributed by atoms with Crippen molar-refractivity contribution in [2.45, 2.75) is 6.04 Å². The standard InChI is InChI=1S/C22H21N3O2S/c1-25(2)17(15-8-4-3-5-9-15)14-23-21(26)18-12-13-19(27-18)22-24-16-10-6-7-11-20(16)28-22/h3-13,17H,14H2,1-2H3,(H,23,26). The average molecular weight is 391 g/mol. The Kier molecular flexibility index (Phi) is 5.23. The molecule has 28 heavy (non-hydrogen) atoms. The van der Waals surface area contributed by atoms with Crippen LogP contribution in [0.1, 0.15) is 22.2 Å². The number of rotatable bonds is 6. The van der Waals surface area contributed by atoms with Crippen molar-refractivity contribution in [2.24, 2.45) is 0 Å². The maximum absolute atomic E-state index is 12.6. The number of carbonyl (C=O) groups is 1. The van der Waals surface area contributed by atoms with E-state index in [1.807, 2.05) is 56.6 Å². The average Bonchev–Trinajstić information content (AvgIpc) is 3.35. The van der Waals surface area contributed by atoms with Crippen LogP contribution in [0.3, 0.4) is 0 Å². The van der Waals surface area contributed by atoms with E-state index in [2.05, 4.69) is 27.3 Å². The molecule has 2 heterocycles. The minimum atomic E-state index is -0.227. The lowest BCUT2D eigenvalue weighted by atomic mass is 10.1. The Hall–Kier alpha value is -2.96. The predicted octanol–water partition coefficient (Wildman–Crippen LogP) is 4.59. The van der Waals surface area contributed by atoms with Crippen LogP contribution >= 0.6 is 11.3 Å². The van der Waals surface area contributed by atoms with E-state index in [4.69, 9.17) is 4.42 Å². The predicted molar refractivity (Wildman–Crippen MR) is 113 cm³/mol. The number of carbonyl (C=O) groups excluding carboxylic acids is 1. The third-order valence-electron chi connectivity index (χ3n) is 4.60. The zero-order valence-electron chi connectivity index (χ0n) is 15.8. The van der Waals surface area contributed by atoms with E-state index in [1.54, 1.807) is 23.5 Å². The largest absolute Gasteiger partial charge is 0.448 e. The fraction of sp³-hybridized carbons (Fsp3) is 0.182. The SMILES string of the molecule is CN(C)C(CNC(=O)c1ccc(-c2nc3ccccc3s2)o1)c1ccccc1. The maximum Gasteiger partial charge on any atom is 0.287 e. The molecule has 1 atom stereocenters. The van der Waals surface area contributed by atoms with E-state index >= 15 is 0 Å². The molecule has 0 aliphatic heterocycles. The van der Waals surface area contributed by atoms with Gasteiger partial charge >= 0.3 is 0 Å². The number of fused-ring (bicyclic) bond motifs is 1. The van der Waals surface area contributed by atoms with Crippen molar-refractivity contribution in [1.82, 2.24) is 15.2 Å². The highest BCUT2D eigenvalue weighted by Gasteiger charge is 2.18. The second kappa shape index (κ2) is 7.96. The summed E-state index contributed by atoms with van der Waals surface area (Å²) in [6.07, 6.45) is 0. The van der Waals surface area contributed by atoms with Crippen molar-refractivity contribution >= 4 is 27.5 Å². The van der Waals surface area contributed by atoms with Gasteiger partial charge in [-0.25, -0.2) is 4.98 Å². The van der Waals surface area contributed by atoms with Crippen LogP contribution in [-0.2, 0) is 0 Å². The molecular formula is C22H21N3O2S. The molecule has 2 aromatic heterocycles. The van der Waals surface area contributed by atoms with Crippen LogP contribution in [0, 0.1) is 0 Å². The topological polar surface area (TPSA) is 58.4 Å². The summed E-state index contributed by atoms with van der Waals surface area (Å²) in [6.45, 7) is 0.493. The molecule has 4 aromatic rings. The highest BCUT2D eigenvalue weighted by atomic mass is 32.1. The number of aromatic nitrogens is 1. The molecule has 1 N–H and O–H groups in total. The lowest BCUT2D eigenvalue weighted by Crippen LogP contribution is -2.34. The molecule has 2 aromatic carbocycles. The summed E-state index contributed by atoms with van der Waals surface area (Å²) in [5.74, 6) is 0.675. The Morgan fingerprint density at radius 1 is 1.07 bits per heavy atom. The number of benzene rings is 2. The summed E-state index contributed by atoms with van der Waals surface area (Å²) in [6, 6.07) is 21.6. The Morgan fingerprint density at radius 3 is 2.57 bits per heavy atom. The van der Waals surface area contributed by atoms with Gasteiger partial charge in [-0.3, -0.25) is 4.79 Å². The molecule has 142 valence electrons. The molecule has 0 fully saturated rings. The van der Waals surface area contributed by atoms with Crippen LogP contribution in [0.2, 0.25) is 0 Å². The first-order valence-corrected chi connectivity index (χ1v) is 9.89. The molecule has 0 bridgehead atoms. The van der Waals surface area contributed by atoms with Crippen molar-refractivity contribution < 1.29 is 9.21 Å². The van der Waals surface area contributed by atoms with Crippen molar-refractivity contribution in [3.05, 3.63) is 78.1 Å². The summed E-state index contributed by atoms with van der Waals surface area (Å²) < 4.78 is 6.88. The highest BCUT2D eigenvalue weighted by molar-refractivity contribution is 7.21. The summed E-state index contributed by atoms with van der Waals surface area (Å²) in [4.78, 5) is 19.2. The molecule has 0 radical (unpaired) electrons. The van der Waals surface area contributed by atoms with Gasteiger partial charge in [-0.15, -0.1) is 11.3 Å². The normalized spacial score (nSPS) is 12.4. The molecule has 4 rings (SSSR count). The van der Waals surface area contributed by atoms with Crippen LogP contribution < -0.4 is 5.32 Å². The first-order chi connectivity index (χ1) is 13.6. The number of nitrogens with one attached hydrogen (secondary N) is 1. The van der Waals surface area contributed by atoms with Crippen molar-refractivity contribution in [3.8, 4) is 10.8 Å². The van der Waals surface area contributed by atoms with Gasteiger partial charge in [0, 0.05) is 6.54 Å². The molecule has 0 saturated carbocycles. The van der Waals surface area contributed by atoms with Crippen LogP contribution in [0.25, 0.3) is 21.0 Å². The van der Waals surface area contributed by atoms with Crippen molar-refractivity contribution in [3.63, 3.8) is 0 Å². The molecule has 5 nitrogen and oxygen atoms in total. The van der Waals surface area contributed by atoms with E-state index < -0.39 is 0 Å². The number of nitrogens with zero attached hydrogens (tertiary/aromatic N) is 2. The van der Waals surface area contributed by atoms with Crippen molar-refractivity contribution in [2.75, 3.05) is 20.6 Å². The summed E-state index contributed by atoms with van der Waals surface area (Å²) in [7, 11) is 4.00. The molecular weight excluding hydrogens is 370 g/mol. The van der Waals surface area contributed by atoms with E-state index in [9.17, 15) is 4.79 Å². The van der Waals surface area contributed by atoms with Crippen LogP contribution in [-0.4, -0.2) is 36.4 Å². The Morgan fingerprint density at radius 2 is 1.82 bits per heavy atom. The van der Waals surface area contributed by atoms with Crippen molar-refractivity contribution in [1.29, 1.82) is 0 Å². The monoisotopic (exact) mass is 391 g/mol. The number of hydrogen-bond donors (Lipinski definition) is 1. The minimum absolute atomic E-state index is 0.0869. The molecule has 0 saturated heterocycles. The molecule has 0 spiro atoms. The fourth-order valence-corrected chi connectivity index (χ4v) is 4.03. The highest BCUT2D eigenvalue weighted by Crippen LogP contribution is 2.31. The minimum Gasteiger partial charge on any atom is -0.448 e. The van der Waals surface area contributed by atoms with Gasteiger partial charge in [0.1, 0.15) is 0 Å². The molecule has 6 heteroatoms. The smallest absolute Gasteiger partial charge is 0.287 e. The first-order valence-electron chi connectivity index (χ1n) is 9.07. The number of para-hydroxylation sites is 1.